The molecule has 0 unspecified atom stereocenters. The van der Waals surface area contributed by atoms with Gasteiger partial charge in [-0.05, 0) is 32.0 Å². The Hall–Kier alpha value is -1.96. The number of nitrogens with zero attached hydrogens (tertiary/aromatic N) is 3. The first-order valence-electron chi connectivity index (χ1n) is 5.84. The van der Waals surface area contributed by atoms with Gasteiger partial charge >= 0.3 is 6.01 Å². The minimum atomic E-state index is -0.440. The zero-order valence-electron chi connectivity index (χ0n) is 10.9. The van der Waals surface area contributed by atoms with E-state index in [4.69, 9.17) is 10.5 Å². The minimum absolute atomic E-state index is 0.00401. The molecule has 0 saturated carbocycles. The third kappa shape index (κ3) is 3.77. The van der Waals surface area contributed by atoms with Gasteiger partial charge in [-0.3, -0.25) is 0 Å². The molecule has 8 heteroatoms. The van der Waals surface area contributed by atoms with Crippen LogP contribution in [-0.2, 0) is 0 Å². The average molecular weight is 342 g/mol. The Morgan fingerprint density at radius 3 is 2.70 bits per heavy atom. The van der Waals surface area contributed by atoms with Gasteiger partial charge in [0.05, 0.1) is 11.8 Å². The zero-order chi connectivity index (χ0) is 14.7. The Morgan fingerprint density at radius 2 is 2.05 bits per heavy atom. The molecule has 0 spiro atoms. The van der Waals surface area contributed by atoms with Crippen molar-refractivity contribution < 1.29 is 9.13 Å². The van der Waals surface area contributed by atoms with Gasteiger partial charge in [-0.1, -0.05) is 15.9 Å². The number of benzene rings is 1. The number of halogens is 2. The van der Waals surface area contributed by atoms with Crippen LogP contribution in [0.5, 0.6) is 6.01 Å². The van der Waals surface area contributed by atoms with Crippen molar-refractivity contribution in [1.29, 1.82) is 0 Å². The lowest BCUT2D eigenvalue weighted by molar-refractivity contribution is 0.222. The van der Waals surface area contributed by atoms with Crippen molar-refractivity contribution in [3.63, 3.8) is 0 Å². The molecule has 2 rings (SSSR count). The predicted octanol–water partition coefficient (Wildman–Crippen LogP) is 2.89. The summed E-state index contributed by atoms with van der Waals surface area (Å²) in [6.07, 6.45) is -0.103. The van der Waals surface area contributed by atoms with Crippen molar-refractivity contribution in [2.75, 3.05) is 11.1 Å². The molecule has 0 atom stereocenters. The molecule has 0 aliphatic heterocycles. The molecule has 0 bridgehead atoms. The fourth-order valence-electron chi connectivity index (χ4n) is 1.40. The third-order valence-corrected chi connectivity index (χ3v) is 2.64. The van der Waals surface area contributed by atoms with Crippen LogP contribution in [-0.4, -0.2) is 21.1 Å². The van der Waals surface area contributed by atoms with Gasteiger partial charge in [0.15, 0.2) is 0 Å². The molecular weight excluding hydrogens is 329 g/mol. The fourth-order valence-corrected chi connectivity index (χ4v) is 1.74. The van der Waals surface area contributed by atoms with Gasteiger partial charge in [-0.15, -0.1) is 0 Å². The molecule has 6 nitrogen and oxygen atoms in total. The highest BCUT2D eigenvalue weighted by atomic mass is 79.9. The number of nitrogens with one attached hydrogen (secondary N) is 1. The summed E-state index contributed by atoms with van der Waals surface area (Å²) in [5.74, 6) is -0.324. The first-order valence-corrected chi connectivity index (χ1v) is 6.63. The van der Waals surface area contributed by atoms with E-state index in [9.17, 15) is 4.39 Å². The molecule has 106 valence electrons. The first-order chi connectivity index (χ1) is 9.44. The Morgan fingerprint density at radius 1 is 1.30 bits per heavy atom. The lowest BCUT2D eigenvalue weighted by Crippen LogP contribution is -2.12. The molecule has 2 aromatic rings. The van der Waals surface area contributed by atoms with Crippen molar-refractivity contribution in [2.24, 2.45) is 0 Å². The van der Waals surface area contributed by atoms with E-state index in [1.807, 2.05) is 13.8 Å². The Balaban J connectivity index is 2.26. The van der Waals surface area contributed by atoms with Crippen molar-refractivity contribution in [3.8, 4) is 6.01 Å². The Bertz CT molecular complexity index is 623. The smallest absolute Gasteiger partial charge is 0.323 e. The summed E-state index contributed by atoms with van der Waals surface area (Å²) in [6, 6.07) is 4.68. The van der Waals surface area contributed by atoms with Crippen LogP contribution in [0.25, 0.3) is 0 Å². The van der Waals surface area contributed by atoms with Crippen LogP contribution in [0.1, 0.15) is 13.8 Å². The maximum Gasteiger partial charge on any atom is 0.323 e. The normalized spacial score (nSPS) is 10.7. The van der Waals surface area contributed by atoms with Crippen molar-refractivity contribution in [1.82, 2.24) is 15.0 Å². The van der Waals surface area contributed by atoms with E-state index in [0.29, 0.717) is 4.47 Å². The average Bonchev–Trinajstić information content (AvgIpc) is 2.31. The van der Waals surface area contributed by atoms with E-state index in [1.165, 1.54) is 6.07 Å². The molecule has 0 aliphatic rings. The summed E-state index contributed by atoms with van der Waals surface area (Å²) in [4.78, 5) is 11.7. The lowest BCUT2D eigenvalue weighted by Gasteiger charge is -2.10. The second-order valence-corrected chi connectivity index (χ2v) is 5.13. The summed E-state index contributed by atoms with van der Waals surface area (Å²) >= 11 is 3.18. The molecule has 3 N–H and O–H groups in total. The standard InChI is InChI=1S/C12H13BrFN5O/c1-6(2)20-12-18-10(15)17-11(19-12)16-9-4-3-7(13)5-8(9)14/h3-6H,1-2H3,(H3,15,16,17,18,19). The maximum atomic E-state index is 13.7. The molecule has 0 aliphatic carbocycles. The lowest BCUT2D eigenvalue weighted by atomic mass is 10.3. The van der Waals surface area contributed by atoms with Crippen LogP contribution in [0.2, 0.25) is 0 Å². The van der Waals surface area contributed by atoms with E-state index in [2.05, 4.69) is 36.2 Å². The van der Waals surface area contributed by atoms with E-state index >= 15 is 0 Å². The number of nitrogens with two attached hydrogens (primary N) is 1. The summed E-state index contributed by atoms with van der Waals surface area (Å²) in [5.41, 5.74) is 5.80. The summed E-state index contributed by atoms with van der Waals surface area (Å²) in [5, 5.41) is 2.74. The maximum absolute atomic E-state index is 13.7. The molecular formula is C12H13BrFN5O. The number of hydrogen-bond acceptors (Lipinski definition) is 6. The largest absolute Gasteiger partial charge is 0.461 e. The van der Waals surface area contributed by atoms with Gasteiger partial charge < -0.3 is 15.8 Å². The topological polar surface area (TPSA) is 86.0 Å². The van der Waals surface area contributed by atoms with Gasteiger partial charge in [0.25, 0.3) is 0 Å². The molecule has 20 heavy (non-hydrogen) atoms. The highest BCUT2D eigenvalue weighted by molar-refractivity contribution is 9.10. The van der Waals surface area contributed by atoms with Crippen LogP contribution >= 0.6 is 15.9 Å². The number of ether oxygens (including phenoxy) is 1. The van der Waals surface area contributed by atoms with E-state index in [-0.39, 0.29) is 29.7 Å². The summed E-state index contributed by atoms with van der Waals surface area (Å²) in [7, 11) is 0. The molecule has 0 amide bonds. The second-order valence-electron chi connectivity index (χ2n) is 4.22. The van der Waals surface area contributed by atoms with E-state index in [0.717, 1.165) is 0 Å². The number of nitrogen functional groups attached to an aromatic ring is 1. The summed E-state index contributed by atoms with van der Waals surface area (Å²) < 4.78 is 19.7. The monoisotopic (exact) mass is 341 g/mol. The zero-order valence-corrected chi connectivity index (χ0v) is 12.5. The van der Waals surface area contributed by atoms with Gasteiger partial charge in [-0.25, -0.2) is 4.39 Å². The molecule has 1 aromatic carbocycles. The molecule has 1 heterocycles. The SMILES string of the molecule is CC(C)Oc1nc(N)nc(Nc2ccc(Br)cc2F)n1. The van der Waals surface area contributed by atoms with Crippen molar-refractivity contribution >= 4 is 33.5 Å². The molecule has 0 saturated heterocycles. The minimum Gasteiger partial charge on any atom is -0.461 e. The van der Waals surface area contributed by atoms with Gasteiger partial charge in [0.2, 0.25) is 11.9 Å². The van der Waals surface area contributed by atoms with Crippen LogP contribution in [0.3, 0.4) is 0 Å². The molecule has 1 aromatic heterocycles. The number of hydrogen-bond donors (Lipinski definition) is 2. The summed E-state index contributed by atoms with van der Waals surface area (Å²) in [6.45, 7) is 3.67. The van der Waals surface area contributed by atoms with Crippen LogP contribution < -0.4 is 15.8 Å². The number of rotatable bonds is 4. The third-order valence-electron chi connectivity index (χ3n) is 2.15. The van der Waals surface area contributed by atoms with Gasteiger partial charge in [0, 0.05) is 4.47 Å². The van der Waals surface area contributed by atoms with Crippen molar-refractivity contribution in [3.05, 3.63) is 28.5 Å². The number of anilines is 3. The number of aromatic nitrogens is 3. The highest BCUT2D eigenvalue weighted by Gasteiger charge is 2.09. The first kappa shape index (κ1) is 14.4. The molecule has 0 radical (unpaired) electrons. The van der Waals surface area contributed by atoms with Crippen molar-refractivity contribution in [2.45, 2.75) is 20.0 Å². The van der Waals surface area contributed by atoms with Gasteiger partial charge in [0.1, 0.15) is 5.82 Å². The van der Waals surface area contributed by atoms with Crippen LogP contribution in [0.4, 0.5) is 22.0 Å². The van der Waals surface area contributed by atoms with Crippen LogP contribution in [0.15, 0.2) is 22.7 Å². The predicted molar refractivity (Wildman–Crippen MR) is 77.4 cm³/mol. The highest BCUT2D eigenvalue weighted by Crippen LogP contribution is 2.22. The van der Waals surface area contributed by atoms with Gasteiger partial charge in [-0.2, -0.15) is 15.0 Å². The second kappa shape index (κ2) is 6.00. The van der Waals surface area contributed by atoms with E-state index in [1.54, 1.807) is 12.1 Å². The fraction of sp³-hybridized carbons (Fsp3) is 0.250. The quantitative estimate of drug-likeness (QED) is 0.889. The Kier molecular flexibility index (Phi) is 4.33. The van der Waals surface area contributed by atoms with Crippen LogP contribution in [0, 0.1) is 5.82 Å². The Labute approximate surface area is 123 Å². The van der Waals surface area contributed by atoms with E-state index < -0.39 is 5.82 Å². The molecule has 0 fully saturated rings.